The van der Waals surface area contributed by atoms with Crippen molar-refractivity contribution in [2.75, 3.05) is 7.11 Å². The lowest BCUT2D eigenvalue weighted by Gasteiger charge is -2.13. The highest BCUT2D eigenvalue weighted by Crippen LogP contribution is 2.26. The molecule has 28 heavy (non-hydrogen) atoms. The van der Waals surface area contributed by atoms with Crippen LogP contribution in [0.5, 0.6) is 5.75 Å². The lowest BCUT2D eigenvalue weighted by Crippen LogP contribution is -2.30. The second kappa shape index (κ2) is 8.93. The smallest absolute Gasteiger partial charge is 0.233 e. The molecule has 1 amide bonds. The monoisotopic (exact) mass is 396 g/mol. The van der Waals surface area contributed by atoms with E-state index in [4.69, 9.17) is 4.74 Å². The van der Waals surface area contributed by atoms with Crippen LogP contribution in [0.2, 0.25) is 0 Å². The molecule has 0 aliphatic heterocycles. The number of nitrogens with zero attached hydrogens (tertiary/aromatic N) is 3. The molecule has 0 radical (unpaired) electrons. The summed E-state index contributed by atoms with van der Waals surface area (Å²) in [6.45, 7) is 6.30. The van der Waals surface area contributed by atoms with Crippen molar-refractivity contribution in [1.82, 2.24) is 20.1 Å². The van der Waals surface area contributed by atoms with Gasteiger partial charge in [0.25, 0.3) is 0 Å². The number of carbonyl (C=O) groups excluding carboxylic acids is 1. The molecule has 0 saturated carbocycles. The minimum atomic E-state index is -0.301. The van der Waals surface area contributed by atoms with E-state index < -0.39 is 0 Å². The average Bonchev–Trinajstić information content (AvgIpc) is 3.06. The maximum absolute atomic E-state index is 12.5. The molecule has 0 spiro atoms. The van der Waals surface area contributed by atoms with Crippen LogP contribution in [0.15, 0.2) is 53.7 Å². The van der Waals surface area contributed by atoms with Gasteiger partial charge in [0.1, 0.15) is 11.6 Å². The second-order valence-electron chi connectivity index (χ2n) is 6.53. The quantitative estimate of drug-likeness (QED) is 0.617. The topological polar surface area (TPSA) is 69.0 Å². The Morgan fingerprint density at radius 1 is 1.18 bits per heavy atom. The van der Waals surface area contributed by atoms with Crippen LogP contribution in [0.1, 0.15) is 23.9 Å². The maximum Gasteiger partial charge on any atom is 0.233 e. The number of aromatic nitrogens is 3. The predicted octanol–water partition coefficient (Wildman–Crippen LogP) is 3.69. The van der Waals surface area contributed by atoms with E-state index in [1.807, 2.05) is 67.8 Å². The molecule has 146 valence electrons. The molecule has 2 aromatic carbocycles. The van der Waals surface area contributed by atoms with Crippen molar-refractivity contribution in [3.05, 3.63) is 65.5 Å². The molecule has 3 rings (SSSR count). The summed E-state index contributed by atoms with van der Waals surface area (Å²) in [5.74, 6) is 1.54. The average molecular weight is 397 g/mol. The number of thioether (sulfide) groups is 1. The summed E-state index contributed by atoms with van der Waals surface area (Å²) in [5, 5.41) is 11.8. The second-order valence-corrected chi connectivity index (χ2v) is 7.84. The molecule has 1 N–H and O–H groups in total. The minimum Gasteiger partial charge on any atom is -0.497 e. The number of carbonyl (C=O) groups is 1. The number of hydrogen-bond donors (Lipinski definition) is 1. The molecule has 6 nitrogen and oxygen atoms in total. The molecular weight excluding hydrogens is 372 g/mol. The molecule has 0 bridgehead atoms. The fourth-order valence-electron chi connectivity index (χ4n) is 2.77. The van der Waals surface area contributed by atoms with Gasteiger partial charge in [-0.2, -0.15) is 0 Å². The number of rotatable bonds is 7. The fraction of sp³-hybridized carbons (Fsp3) is 0.286. The van der Waals surface area contributed by atoms with Crippen molar-refractivity contribution in [3.63, 3.8) is 0 Å². The van der Waals surface area contributed by atoms with Gasteiger partial charge in [0.05, 0.1) is 12.4 Å². The van der Waals surface area contributed by atoms with Gasteiger partial charge in [0.2, 0.25) is 5.91 Å². The minimum absolute atomic E-state index is 0.0442. The third kappa shape index (κ3) is 4.72. The van der Waals surface area contributed by atoms with Crippen molar-refractivity contribution < 1.29 is 9.53 Å². The lowest BCUT2D eigenvalue weighted by molar-refractivity contribution is -0.120. The van der Waals surface area contributed by atoms with Crippen LogP contribution < -0.4 is 10.1 Å². The number of ether oxygens (including phenoxy) is 1. The van der Waals surface area contributed by atoms with Crippen LogP contribution in [0.4, 0.5) is 0 Å². The molecule has 1 heterocycles. The van der Waals surface area contributed by atoms with Gasteiger partial charge < -0.3 is 10.1 Å². The summed E-state index contributed by atoms with van der Waals surface area (Å²) in [7, 11) is 1.63. The summed E-state index contributed by atoms with van der Waals surface area (Å²) < 4.78 is 7.13. The molecular formula is C21H24N4O2S. The summed E-state index contributed by atoms with van der Waals surface area (Å²) in [4.78, 5) is 12.5. The molecule has 3 aromatic rings. The van der Waals surface area contributed by atoms with Gasteiger partial charge in [-0.3, -0.25) is 9.36 Å². The van der Waals surface area contributed by atoms with Crippen LogP contribution in [0, 0.1) is 13.8 Å². The maximum atomic E-state index is 12.5. The van der Waals surface area contributed by atoms with Crippen LogP contribution in [-0.4, -0.2) is 33.0 Å². The number of benzene rings is 2. The zero-order chi connectivity index (χ0) is 20.1. The van der Waals surface area contributed by atoms with Gasteiger partial charge in [0, 0.05) is 12.2 Å². The van der Waals surface area contributed by atoms with E-state index >= 15 is 0 Å². The van der Waals surface area contributed by atoms with Gasteiger partial charge in [0.15, 0.2) is 5.16 Å². The SMILES string of the molecule is COc1ccc(CNC(=O)[C@@H](C)Sc2nnc(C)n2-c2cccc(C)c2)cc1. The highest BCUT2D eigenvalue weighted by atomic mass is 32.2. The van der Waals surface area contributed by atoms with E-state index in [0.29, 0.717) is 11.7 Å². The molecule has 7 heteroatoms. The Hall–Kier alpha value is -2.80. The lowest BCUT2D eigenvalue weighted by atomic mass is 10.2. The van der Waals surface area contributed by atoms with Crippen LogP contribution in [0.3, 0.4) is 0 Å². The summed E-state index contributed by atoms with van der Waals surface area (Å²) >= 11 is 1.40. The Balaban J connectivity index is 1.65. The van der Waals surface area contributed by atoms with E-state index in [1.165, 1.54) is 11.8 Å². The molecule has 1 atom stereocenters. The van der Waals surface area contributed by atoms with E-state index in [0.717, 1.165) is 28.4 Å². The zero-order valence-corrected chi connectivity index (χ0v) is 17.3. The Morgan fingerprint density at radius 3 is 2.61 bits per heavy atom. The van der Waals surface area contributed by atoms with E-state index in [9.17, 15) is 4.79 Å². The Bertz CT molecular complexity index is 953. The molecule has 0 unspecified atom stereocenters. The predicted molar refractivity (Wildman–Crippen MR) is 111 cm³/mol. The Labute approximate surface area is 169 Å². The molecule has 0 aliphatic carbocycles. The van der Waals surface area contributed by atoms with Gasteiger partial charge >= 0.3 is 0 Å². The third-order valence-electron chi connectivity index (χ3n) is 4.33. The van der Waals surface area contributed by atoms with Crippen molar-refractivity contribution in [2.24, 2.45) is 0 Å². The van der Waals surface area contributed by atoms with Gasteiger partial charge in [-0.25, -0.2) is 0 Å². The van der Waals surface area contributed by atoms with Crippen molar-refractivity contribution in [2.45, 2.75) is 37.7 Å². The number of amides is 1. The first-order valence-corrected chi connectivity index (χ1v) is 9.92. The third-order valence-corrected chi connectivity index (χ3v) is 5.37. The van der Waals surface area contributed by atoms with Gasteiger partial charge in [-0.05, 0) is 56.2 Å². The van der Waals surface area contributed by atoms with Crippen molar-refractivity contribution in [1.29, 1.82) is 0 Å². The Morgan fingerprint density at radius 2 is 1.93 bits per heavy atom. The first-order valence-electron chi connectivity index (χ1n) is 9.04. The molecule has 0 fully saturated rings. The molecule has 0 saturated heterocycles. The van der Waals surface area contributed by atoms with Gasteiger partial charge in [-0.1, -0.05) is 36.0 Å². The standard InChI is InChI=1S/C21H24N4O2S/c1-14-6-5-7-18(12-14)25-16(3)23-24-21(25)28-15(2)20(26)22-13-17-8-10-19(27-4)11-9-17/h5-12,15H,13H2,1-4H3,(H,22,26)/t15-/m1/s1. The first-order chi connectivity index (χ1) is 13.5. The number of hydrogen-bond acceptors (Lipinski definition) is 5. The first kappa shape index (κ1) is 19.9. The largest absolute Gasteiger partial charge is 0.497 e. The molecule has 1 aromatic heterocycles. The van der Waals surface area contributed by atoms with E-state index in [1.54, 1.807) is 7.11 Å². The Kier molecular flexibility index (Phi) is 6.36. The van der Waals surface area contributed by atoms with Crippen LogP contribution in [0.25, 0.3) is 5.69 Å². The van der Waals surface area contributed by atoms with Crippen LogP contribution >= 0.6 is 11.8 Å². The molecule has 0 aliphatic rings. The van der Waals surface area contributed by atoms with Crippen molar-refractivity contribution in [3.8, 4) is 11.4 Å². The number of nitrogens with one attached hydrogen (secondary N) is 1. The fourth-order valence-corrected chi connectivity index (χ4v) is 3.71. The van der Waals surface area contributed by atoms with E-state index in [2.05, 4.69) is 21.6 Å². The number of aryl methyl sites for hydroxylation is 2. The van der Waals surface area contributed by atoms with E-state index in [-0.39, 0.29) is 11.2 Å². The summed E-state index contributed by atoms with van der Waals surface area (Å²) in [6.07, 6.45) is 0. The summed E-state index contributed by atoms with van der Waals surface area (Å²) in [5.41, 5.74) is 3.17. The van der Waals surface area contributed by atoms with Crippen molar-refractivity contribution >= 4 is 17.7 Å². The highest BCUT2D eigenvalue weighted by molar-refractivity contribution is 8.00. The van der Waals surface area contributed by atoms with Gasteiger partial charge in [-0.15, -0.1) is 10.2 Å². The van der Waals surface area contributed by atoms with Crippen LogP contribution in [-0.2, 0) is 11.3 Å². The normalized spacial score (nSPS) is 11.9. The zero-order valence-electron chi connectivity index (χ0n) is 16.5. The summed E-state index contributed by atoms with van der Waals surface area (Å²) in [6, 6.07) is 15.8. The highest BCUT2D eigenvalue weighted by Gasteiger charge is 2.19. The number of methoxy groups -OCH3 is 1.